The second-order valence-corrected chi connectivity index (χ2v) is 8.25. The molecule has 1 fully saturated rings. The molecule has 1 aliphatic rings. The molecule has 146 valence electrons. The van der Waals surface area contributed by atoms with Crippen molar-refractivity contribution in [3.63, 3.8) is 0 Å². The Balaban J connectivity index is 1.43. The number of benzene rings is 1. The highest BCUT2D eigenvalue weighted by Crippen LogP contribution is 2.20. The standard InChI is InChI=1S/C21H29FN4S/c1-16-11-17(7-8-20(16)22)12-24-21(23-2)25-13-18-5-3-9-26(14-18)15-19-6-4-10-27-19/h4,6-8,10-11,18H,3,5,9,12-15H2,1-2H3,(H2,23,24,25). The molecule has 0 saturated carbocycles. The first-order valence-electron chi connectivity index (χ1n) is 9.58. The van der Waals surface area contributed by atoms with Crippen LogP contribution < -0.4 is 10.6 Å². The third-order valence-corrected chi connectivity index (χ3v) is 5.89. The van der Waals surface area contributed by atoms with E-state index in [1.807, 2.05) is 23.5 Å². The molecule has 2 heterocycles. The van der Waals surface area contributed by atoms with Gasteiger partial charge in [-0.05, 0) is 60.9 Å². The summed E-state index contributed by atoms with van der Waals surface area (Å²) in [6.07, 6.45) is 2.50. The Labute approximate surface area is 165 Å². The van der Waals surface area contributed by atoms with Gasteiger partial charge in [0.1, 0.15) is 5.82 Å². The molecule has 0 bridgehead atoms. The molecule has 0 spiro atoms. The zero-order chi connectivity index (χ0) is 19.1. The summed E-state index contributed by atoms with van der Waals surface area (Å²) in [6, 6.07) is 9.55. The van der Waals surface area contributed by atoms with E-state index in [4.69, 9.17) is 0 Å². The third-order valence-electron chi connectivity index (χ3n) is 5.03. The van der Waals surface area contributed by atoms with Crippen LogP contribution in [0.4, 0.5) is 4.39 Å². The van der Waals surface area contributed by atoms with Crippen molar-refractivity contribution in [2.24, 2.45) is 10.9 Å². The summed E-state index contributed by atoms with van der Waals surface area (Å²) in [4.78, 5) is 8.31. The van der Waals surface area contributed by atoms with Crippen molar-refractivity contribution in [2.75, 3.05) is 26.7 Å². The van der Waals surface area contributed by atoms with E-state index in [1.54, 1.807) is 14.0 Å². The molecule has 0 aliphatic carbocycles. The van der Waals surface area contributed by atoms with E-state index in [1.165, 1.54) is 30.3 Å². The molecule has 3 rings (SSSR count). The molecule has 4 nitrogen and oxygen atoms in total. The number of nitrogens with zero attached hydrogens (tertiary/aromatic N) is 2. The molecule has 1 saturated heterocycles. The van der Waals surface area contributed by atoms with Crippen LogP contribution in [0.3, 0.4) is 0 Å². The fourth-order valence-electron chi connectivity index (χ4n) is 3.55. The van der Waals surface area contributed by atoms with Gasteiger partial charge in [0.2, 0.25) is 0 Å². The average Bonchev–Trinajstić information content (AvgIpc) is 3.18. The molecule has 0 amide bonds. The van der Waals surface area contributed by atoms with Gasteiger partial charge in [0.25, 0.3) is 0 Å². The van der Waals surface area contributed by atoms with E-state index in [0.29, 0.717) is 18.0 Å². The van der Waals surface area contributed by atoms with Crippen molar-refractivity contribution in [1.82, 2.24) is 15.5 Å². The van der Waals surface area contributed by atoms with Gasteiger partial charge in [-0.2, -0.15) is 0 Å². The number of piperidine rings is 1. The summed E-state index contributed by atoms with van der Waals surface area (Å²) in [5.41, 5.74) is 1.72. The van der Waals surface area contributed by atoms with E-state index in [2.05, 4.69) is 38.0 Å². The highest BCUT2D eigenvalue weighted by Gasteiger charge is 2.20. The number of likely N-dealkylation sites (tertiary alicyclic amines) is 1. The number of halogens is 1. The molecular weight excluding hydrogens is 359 g/mol. The highest BCUT2D eigenvalue weighted by atomic mass is 32.1. The second kappa shape index (κ2) is 9.85. The van der Waals surface area contributed by atoms with Crippen LogP contribution >= 0.6 is 11.3 Å². The molecule has 1 aromatic heterocycles. The molecule has 2 N–H and O–H groups in total. The van der Waals surface area contributed by atoms with Crippen LogP contribution in [0.15, 0.2) is 40.7 Å². The lowest BCUT2D eigenvalue weighted by Gasteiger charge is -2.32. The number of hydrogen-bond donors (Lipinski definition) is 2. The summed E-state index contributed by atoms with van der Waals surface area (Å²) in [7, 11) is 1.79. The van der Waals surface area contributed by atoms with Crippen molar-refractivity contribution < 1.29 is 4.39 Å². The summed E-state index contributed by atoms with van der Waals surface area (Å²) in [6.45, 7) is 6.71. The van der Waals surface area contributed by atoms with Crippen LogP contribution in [0, 0.1) is 18.7 Å². The quantitative estimate of drug-likeness (QED) is 0.584. The Morgan fingerprint density at radius 1 is 1.33 bits per heavy atom. The van der Waals surface area contributed by atoms with Crippen molar-refractivity contribution >= 4 is 17.3 Å². The molecule has 0 radical (unpaired) electrons. The minimum Gasteiger partial charge on any atom is -0.356 e. The largest absolute Gasteiger partial charge is 0.356 e. The van der Waals surface area contributed by atoms with Gasteiger partial charge in [-0.3, -0.25) is 9.89 Å². The van der Waals surface area contributed by atoms with Gasteiger partial charge in [-0.1, -0.05) is 18.2 Å². The number of thiophene rings is 1. The number of hydrogen-bond acceptors (Lipinski definition) is 3. The summed E-state index contributed by atoms with van der Waals surface area (Å²) in [5.74, 6) is 1.27. The normalized spacial score (nSPS) is 18.5. The molecule has 1 aromatic carbocycles. The minimum atomic E-state index is -0.161. The van der Waals surface area contributed by atoms with E-state index < -0.39 is 0 Å². The van der Waals surface area contributed by atoms with Crippen LogP contribution in [0.25, 0.3) is 0 Å². The van der Waals surface area contributed by atoms with Gasteiger partial charge in [0.15, 0.2) is 5.96 Å². The number of nitrogens with one attached hydrogen (secondary N) is 2. The van der Waals surface area contributed by atoms with Crippen molar-refractivity contribution in [3.05, 3.63) is 57.5 Å². The van der Waals surface area contributed by atoms with Crippen LogP contribution in [0.5, 0.6) is 0 Å². The van der Waals surface area contributed by atoms with Gasteiger partial charge >= 0.3 is 0 Å². The maximum Gasteiger partial charge on any atom is 0.191 e. The van der Waals surface area contributed by atoms with Crippen LogP contribution in [-0.4, -0.2) is 37.5 Å². The number of aliphatic imine (C=N–C) groups is 1. The van der Waals surface area contributed by atoms with E-state index in [9.17, 15) is 4.39 Å². The fourth-order valence-corrected chi connectivity index (χ4v) is 4.29. The molecular formula is C21H29FN4S. The SMILES string of the molecule is CN=C(NCc1ccc(F)c(C)c1)NCC1CCCN(Cc2cccs2)C1. The minimum absolute atomic E-state index is 0.161. The molecule has 2 aromatic rings. The van der Waals surface area contributed by atoms with Gasteiger partial charge in [0, 0.05) is 38.1 Å². The molecule has 1 aliphatic heterocycles. The summed E-state index contributed by atoms with van der Waals surface area (Å²) < 4.78 is 13.4. The van der Waals surface area contributed by atoms with Crippen molar-refractivity contribution in [3.8, 4) is 0 Å². The van der Waals surface area contributed by atoms with Gasteiger partial charge in [-0.25, -0.2) is 4.39 Å². The predicted molar refractivity (Wildman–Crippen MR) is 112 cm³/mol. The van der Waals surface area contributed by atoms with E-state index in [-0.39, 0.29) is 5.82 Å². The third kappa shape index (κ3) is 6.04. The lowest BCUT2D eigenvalue weighted by Crippen LogP contribution is -2.44. The van der Waals surface area contributed by atoms with E-state index >= 15 is 0 Å². The first kappa shape index (κ1) is 19.8. The smallest absolute Gasteiger partial charge is 0.191 e. The molecule has 6 heteroatoms. The topological polar surface area (TPSA) is 39.7 Å². The molecule has 27 heavy (non-hydrogen) atoms. The van der Waals surface area contributed by atoms with Gasteiger partial charge in [0.05, 0.1) is 0 Å². The first-order valence-corrected chi connectivity index (χ1v) is 10.5. The second-order valence-electron chi connectivity index (χ2n) is 7.21. The van der Waals surface area contributed by atoms with Crippen LogP contribution in [0.1, 0.15) is 28.8 Å². The lowest BCUT2D eigenvalue weighted by molar-refractivity contribution is 0.169. The Morgan fingerprint density at radius 2 is 2.22 bits per heavy atom. The molecule has 1 atom stereocenters. The Kier molecular flexibility index (Phi) is 7.24. The molecule has 1 unspecified atom stereocenters. The van der Waals surface area contributed by atoms with Crippen molar-refractivity contribution in [1.29, 1.82) is 0 Å². The number of aryl methyl sites for hydroxylation is 1. The summed E-state index contributed by atoms with van der Waals surface area (Å²) >= 11 is 1.84. The number of rotatable bonds is 6. The fraction of sp³-hybridized carbons (Fsp3) is 0.476. The van der Waals surface area contributed by atoms with Crippen molar-refractivity contribution in [2.45, 2.75) is 32.9 Å². The van der Waals surface area contributed by atoms with Gasteiger partial charge in [-0.15, -0.1) is 11.3 Å². The highest BCUT2D eigenvalue weighted by molar-refractivity contribution is 7.09. The average molecular weight is 389 g/mol. The Morgan fingerprint density at radius 3 is 2.96 bits per heavy atom. The lowest BCUT2D eigenvalue weighted by atomic mass is 9.98. The van der Waals surface area contributed by atoms with Crippen LogP contribution in [0.2, 0.25) is 0 Å². The summed E-state index contributed by atoms with van der Waals surface area (Å²) in [5, 5.41) is 8.93. The zero-order valence-electron chi connectivity index (χ0n) is 16.2. The van der Waals surface area contributed by atoms with E-state index in [0.717, 1.165) is 31.2 Å². The Bertz CT molecular complexity index is 745. The maximum absolute atomic E-state index is 13.4. The van der Waals surface area contributed by atoms with Crippen LogP contribution in [-0.2, 0) is 13.1 Å². The predicted octanol–water partition coefficient (Wildman–Crippen LogP) is 3.77. The Hall–Kier alpha value is -1.92. The monoisotopic (exact) mass is 388 g/mol. The van der Waals surface area contributed by atoms with Gasteiger partial charge < -0.3 is 10.6 Å². The zero-order valence-corrected chi connectivity index (χ0v) is 17.0. The number of guanidine groups is 1. The maximum atomic E-state index is 13.4. The first-order chi connectivity index (χ1) is 13.1.